The summed E-state index contributed by atoms with van der Waals surface area (Å²) in [6.45, 7) is 7.12. The van der Waals surface area contributed by atoms with Crippen molar-refractivity contribution in [2.75, 3.05) is 0 Å². The van der Waals surface area contributed by atoms with Gasteiger partial charge in [0.15, 0.2) is 0 Å². The molecule has 4 N–H and O–H groups in total. The highest BCUT2D eigenvalue weighted by atomic mass is 16.4. The number of fused-ring (bicyclic) bond motifs is 1. The number of furan rings is 1. The number of rotatable bonds is 8. The Labute approximate surface area is 179 Å². The smallest absolute Gasteiger partial charge is 0.220 e. The third kappa shape index (κ3) is 4.46. The van der Waals surface area contributed by atoms with Crippen molar-refractivity contribution in [2.45, 2.75) is 103 Å². The first-order valence-electron chi connectivity index (χ1n) is 11.6. The van der Waals surface area contributed by atoms with Gasteiger partial charge in [-0.15, -0.1) is 0 Å². The molecule has 0 saturated heterocycles. The summed E-state index contributed by atoms with van der Waals surface area (Å²) in [4.78, 5) is 12.5. The molecular formula is C24H38N2O4. The van der Waals surface area contributed by atoms with Crippen molar-refractivity contribution in [2.24, 2.45) is 16.7 Å². The molecule has 0 aromatic carbocycles. The zero-order valence-electron chi connectivity index (χ0n) is 18.7. The first kappa shape index (κ1) is 21.8. The summed E-state index contributed by atoms with van der Waals surface area (Å²) in [6, 6.07) is 4.39. The highest BCUT2D eigenvalue weighted by molar-refractivity contribution is 5.76. The predicted molar refractivity (Wildman–Crippen MR) is 114 cm³/mol. The summed E-state index contributed by atoms with van der Waals surface area (Å²) in [5.41, 5.74) is -0.541. The van der Waals surface area contributed by atoms with E-state index in [0.29, 0.717) is 30.7 Å². The number of carbonyl (C=O) groups excluding carboxylic acids is 1. The minimum absolute atomic E-state index is 0.000960. The normalized spacial score (nSPS) is 35.2. The van der Waals surface area contributed by atoms with Crippen molar-refractivity contribution in [1.29, 1.82) is 0 Å². The lowest BCUT2D eigenvalue weighted by Crippen LogP contribution is -2.51. The Hall–Kier alpha value is -1.37. The molecule has 6 heteroatoms. The van der Waals surface area contributed by atoms with Crippen LogP contribution in [0.3, 0.4) is 0 Å². The first-order valence-corrected chi connectivity index (χ1v) is 11.6. The van der Waals surface area contributed by atoms with Crippen molar-refractivity contribution in [3.05, 3.63) is 23.7 Å². The number of amides is 1. The standard InChI is InChI=1S/C24H38N2O4/c1-22(2)13-20(25-14-17-6-7-18(15-27)30-17)24(9-8-21(28)26-16-4-5-16)11-10-23(3,29)12-19(22)24/h6-7,16,19-20,25,27,29H,4-5,8-15H2,1-3H3,(H,26,28)/t19-,20-,23-,24-/m0/s1. The molecule has 0 radical (unpaired) electrons. The van der Waals surface area contributed by atoms with Gasteiger partial charge in [0, 0.05) is 18.5 Å². The number of carbonyl (C=O) groups is 1. The Morgan fingerprint density at radius 2 is 1.90 bits per heavy atom. The quantitative estimate of drug-likeness (QED) is 0.520. The molecule has 1 amide bonds. The van der Waals surface area contributed by atoms with Crippen LogP contribution in [0.4, 0.5) is 0 Å². The van der Waals surface area contributed by atoms with E-state index in [1.807, 2.05) is 19.1 Å². The number of aliphatic hydroxyl groups is 2. The van der Waals surface area contributed by atoms with Crippen LogP contribution in [0.2, 0.25) is 0 Å². The van der Waals surface area contributed by atoms with Gasteiger partial charge in [0.25, 0.3) is 0 Å². The molecule has 4 atom stereocenters. The molecule has 6 nitrogen and oxygen atoms in total. The summed E-state index contributed by atoms with van der Waals surface area (Å²) >= 11 is 0. The van der Waals surface area contributed by atoms with Crippen LogP contribution in [0.15, 0.2) is 16.5 Å². The average Bonchev–Trinajstić information content (AvgIpc) is 3.32. The molecule has 0 spiro atoms. The lowest BCUT2D eigenvalue weighted by Gasteiger charge is -2.51. The fourth-order valence-electron chi connectivity index (χ4n) is 6.21. The largest absolute Gasteiger partial charge is 0.462 e. The van der Waals surface area contributed by atoms with Crippen LogP contribution >= 0.6 is 0 Å². The molecule has 4 rings (SSSR count). The van der Waals surface area contributed by atoms with Crippen LogP contribution < -0.4 is 10.6 Å². The molecule has 1 aromatic heterocycles. The third-order valence-corrected chi connectivity index (χ3v) is 7.99. The van der Waals surface area contributed by atoms with Crippen molar-refractivity contribution in [1.82, 2.24) is 10.6 Å². The minimum atomic E-state index is -0.631. The van der Waals surface area contributed by atoms with Crippen LogP contribution in [-0.4, -0.2) is 33.8 Å². The van der Waals surface area contributed by atoms with Crippen molar-refractivity contribution >= 4 is 5.91 Å². The number of nitrogens with one attached hydrogen (secondary N) is 2. The van der Waals surface area contributed by atoms with Crippen LogP contribution in [0.1, 0.15) is 83.7 Å². The maximum absolute atomic E-state index is 12.5. The molecule has 3 aliphatic rings. The van der Waals surface area contributed by atoms with Crippen LogP contribution in [0.25, 0.3) is 0 Å². The molecular weight excluding hydrogens is 380 g/mol. The fourth-order valence-corrected chi connectivity index (χ4v) is 6.21. The van der Waals surface area contributed by atoms with E-state index < -0.39 is 5.60 Å². The third-order valence-electron chi connectivity index (χ3n) is 7.99. The predicted octanol–water partition coefficient (Wildman–Crippen LogP) is 3.26. The second-order valence-electron chi connectivity index (χ2n) is 11.0. The maximum atomic E-state index is 12.5. The monoisotopic (exact) mass is 418 g/mol. The highest BCUT2D eigenvalue weighted by Gasteiger charge is 2.61. The van der Waals surface area contributed by atoms with E-state index in [-0.39, 0.29) is 29.4 Å². The van der Waals surface area contributed by atoms with Gasteiger partial charge in [-0.05, 0) is 80.8 Å². The number of hydrogen-bond donors (Lipinski definition) is 4. The number of aliphatic hydroxyl groups excluding tert-OH is 1. The Morgan fingerprint density at radius 3 is 2.57 bits per heavy atom. The number of hydrogen-bond acceptors (Lipinski definition) is 5. The zero-order chi connectivity index (χ0) is 21.6. The van der Waals surface area contributed by atoms with Gasteiger partial charge in [-0.3, -0.25) is 4.79 Å². The van der Waals surface area contributed by atoms with Gasteiger partial charge in [0.05, 0.1) is 12.1 Å². The van der Waals surface area contributed by atoms with Crippen molar-refractivity contribution < 1.29 is 19.4 Å². The SMILES string of the molecule is CC1(C)C[C@H](NCc2ccc(CO)o2)[C@@]2(CCC(=O)NC3CC3)CC[C@](C)(O)C[C@@H]12. The van der Waals surface area contributed by atoms with Gasteiger partial charge in [0.1, 0.15) is 18.1 Å². The van der Waals surface area contributed by atoms with E-state index >= 15 is 0 Å². The average molecular weight is 419 g/mol. The molecule has 0 bridgehead atoms. The second-order valence-corrected chi connectivity index (χ2v) is 11.0. The van der Waals surface area contributed by atoms with E-state index in [1.54, 1.807) is 0 Å². The molecule has 168 valence electrons. The summed E-state index contributed by atoms with van der Waals surface area (Å²) in [6.07, 6.45) is 7.15. The summed E-state index contributed by atoms with van der Waals surface area (Å²) in [5, 5.41) is 27.0. The van der Waals surface area contributed by atoms with Crippen molar-refractivity contribution in [3.8, 4) is 0 Å². The van der Waals surface area contributed by atoms with E-state index in [0.717, 1.165) is 50.7 Å². The highest BCUT2D eigenvalue weighted by Crippen LogP contribution is 2.63. The van der Waals surface area contributed by atoms with Crippen LogP contribution in [0.5, 0.6) is 0 Å². The van der Waals surface area contributed by atoms with Gasteiger partial charge in [-0.25, -0.2) is 0 Å². The zero-order valence-corrected chi connectivity index (χ0v) is 18.7. The van der Waals surface area contributed by atoms with Gasteiger partial charge in [0.2, 0.25) is 5.91 Å². The lowest BCUT2D eigenvalue weighted by atomic mass is 9.57. The molecule has 3 fully saturated rings. The van der Waals surface area contributed by atoms with Gasteiger partial charge >= 0.3 is 0 Å². The maximum Gasteiger partial charge on any atom is 0.220 e. The Morgan fingerprint density at radius 1 is 1.17 bits per heavy atom. The molecule has 3 saturated carbocycles. The Balaban J connectivity index is 1.52. The van der Waals surface area contributed by atoms with E-state index in [9.17, 15) is 15.0 Å². The van der Waals surface area contributed by atoms with Gasteiger partial charge in [-0.1, -0.05) is 13.8 Å². The summed E-state index contributed by atoms with van der Waals surface area (Å²) < 4.78 is 5.68. The van der Waals surface area contributed by atoms with E-state index in [4.69, 9.17) is 4.42 Å². The molecule has 0 unspecified atom stereocenters. The molecule has 0 aliphatic heterocycles. The summed E-state index contributed by atoms with van der Waals surface area (Å²) in [7, 11) is 0. The first-order chi connectivity index (χ1) is 14.1. The van der Waals surface area contributed by atoms with Crippen LogP contribution in [-0.2, 0) is 17.9 Å². The Kier molecular flexibility index (Phi) is 5.79. The van der Waals surface area contributed by atoms with Crippen molar-refractivity contribution in [3.63, 3.8) is 0 Å². The van der Waals surface area contributed by atoms with Gasteiger partial charge < -0.3 is 25.3 Å². The summed E-state index contributed by atoms with van der Waals surface area (Å²) in [5.74, 6) is 1.94. The second kappa shape index (κ2) is 7.95. The Bertz CT molecular complexity index is 767. The minimum Gasteiger partial charge on any atom is -0.462 e. The lowest BCUT2D eigenvalue weighted by molar-refractivity contribution is -0.123. The van der Waals surface area contributed by atoms with E-state index in [1.165, 1.54) is 0 Å². The van der Waals surface area contributed by atoms with Crippen LogP contribution in [0, 0.1) is 16.7 Å². The fraction of sp³-hybridized carbons (Fsp3) is 0.792. The van der Waals surface area contributed by atoms with Gasteiger partial charge in [-0.2, -0.15) is 0 Å². The topological polar surface area (TPSA) is 94.7 Å². The molecule has 1 heterocycles. The molecule has 1 aromatic rings. The molecule has 30 heavy (non-hydrogen) atoms. The van der Waals surface area contributed by atoms with E-state index in [2.05, 4.69) is 24.5 Å². The molecule has 3 aliphatic carbocycles.